The summed E-state index contributed by atoms with van der Waals surface area (Å²) in [6.07, 6.45) is 0.765. The van der Waals surface area contributed by atoms with Crippen LogP contribution < -0.4 is 10.5 Å². The highest BCUT2D eigenvalue weighted by Crippen LogP contribution is 2.08. The Hall–Kier alpha value is -1.39. The lowest BCUT2D eigenvalue weighted by atomic mass is 10.1. The van der Waals surface area contributed by atoms with E-state index in [9.17, 15) is 8.42 Å². The quantitative estimate of drug-likeness (QED) is 0.758. The maximum Gasteiger partial charge on any atom is 0.279 e. The van der Waals surface area contributed by atoms with E-state index in [1.165, 1.54) is 4.31 Å². The first-order chi connectivity index (χ1) is 9.49. The molecule has 3 N–H and O–H groups in total. The van der Waals surface area contributed by atoms with Crippen molar-refractivity contribution in [2.75, 3.05) is 20.1 Å². The van der Waals surface area contributed by atoms with E-state index in [1.54, 1.807) is 7.05 Å². The summed E-state index contributed by atoms with van der Waals surface area (Å²) in [5.41, 5.74) is 7.09. The number of hydrogen-bond acceptors (Lipinski definition) is 3. The molecule has 0 saturated heterocycles. The third-order valence-electron chi connectivity index (χ3n) is 2.64. The Labute approximate surface area is 121 Å². The first-order valence-electron chi connectivity index (χ1n) is 6.48. The zero-order valence-corrected chi connectivity index (χ0v) is 12.7. The third kappa shape index (κ3) is 5.31. The molecule has 0 aromatic heterocycles. The van der Waals surface area contributed by atoms with Crippen LogP contribution in [-0.4, -0.2) is 32.9 Å². The normalized spacial score (nSPS) is 11.2. The fraction of sp³-hybridized carbons (Fsp3) is 0.429. The van der Waals surface area contributed by atoms with Gasteiger partial charge in [0.25, 0.3) is 10.2 Å². The lowest BCUT2D eigenvalue weighted by molar-refractivity contribution is 0.455. The SMILES string of the molecule is CCCNS(=O)(=O)N(C)Cc1ccc(C#CCN)cc1. The lowest BCUT2D eigenvalue weighted by Crippen LogP contribution is -2.38. The van der Waals surface area contributed by atoms with Gasteiger partial charge in [0.15, 0.2) is 0 Å². The standard InChI is InChI=1S/C14H21N3O2S/c1-3-11-16-20(18,19)17(2)12-14-8-6-13(7-9-14)5-4-10-15/h6-9,16H,3,10-12,15H2,1-2H3. The van der Waals surface area contributed by atoms with Crippen LogP contribution in [0.3, 0.4) is 0 Å². The van der Waals surface area contributed by atoms with Gasteiger partial charge in [-0.1, -0.05) is 30.9 Å². The largest absolute Gasteiger partial charge is 0.320 e. The Morgan fingerprint density at radius 1 is 1.30 bits per heavy atom. The molecule has 20 heavy (non-hydrogen) atoms. The van der Waals surface area contributed by atoms with Crippen LogP contribution in [0.15, 0.2) is 24.3 Å². The van der Waals surface area contributed by atoms with Crippen LogP contribution in [0.4, 0.5) is 0 Å². The minimum atomic E-state index is -3.41. The van der Waals surface area contributed by atoms with Gasteiger partial charge in [0.2, 0.25) is 0 Å². The Bertz CT molecular complexity index is 571. The summed E-state index contributed by atoms with van der Waals surface area (Å²) >= 11 is 0. The lowest BCUT2D eigenvalue weighted by Gasteiger charge is -2.17. The summed E-state index contributed by atoms with van der Waals surface area (Å²) in [4.78, 5) is 0. The second kappa shape index (κ2) is 8.02. The number of nitrogens with zero attached hydrogens (tertiary/aromatic N) is 1. The van der Waals surface area contributed by atoms with E-state index in [-0.39, 0.29) is 0 Å². The predicted molar refractivity (Wildman–Crippen MR) is 81.1 cm³/mol. The van der Waals surface area contributed by atoms with E-state index in [0.717, 1.165) is 17.5 Å². The average Bonchev–Trinajstić information content (AvgIpc) is 2.44. The van der Waals surface area contributed by atoms with Crippen molar-refractivity contribution in [1.29, 1.82) is 0 Å². The van der Waals surface area contributed by atoms with E-state index >= 15 is 0 Å². The summed E-state index contributed by atoms with van der Waals surface area (Å²) in [5, 5.41) is 0. The highest BCUT2D eigenvalue weighted by molar-refractivity contribution is 7.87. The van der Waals surface area contributed by atoms with Crippen LogP contribution in [0.1, 0.15) is 24.5 Å². The molecule has 0 aliphatic carbocycles. The number of rotatable bonds is 6. The molecule has 0 heterocycles. The van der Waals surface area contributed by atoms with Gasteiger partial charge in [0.1, 0.15) is 0 Å². The molecule has 0 bridgehead atoms. The van der Waals surface area contributed by atoms with Gasteiger partial charge >= 0.3 is 0 Å². The maximum atomic E-state index is 11.9. The molecule has 0 aliphatic rings. The third-order valence-corrected chi connectivity index (χ3v) is 4.16. The van der Waals surface area contributed by atoms with Gasteiger partial charge in [0.05, 0.1) is 6.54 Å². The first-order valence-corrected chi connectivity index (χ1v) is 7.92. The molecule has 0 spiro atoms. The first kappa shape index (κ1) is 16.7. The Balaban J connectivity index is 2.68. The van der Waals surface area contributed by atoms with Crippen molar-refractivity contribution in [1.82, 2.24) is 9.03 Å². The summed E-state index contributed by atoms with van der Waals surface area (Å²) in [5.74, 6) is 5.70. The zero-order valence-electron chi connectivity index (χ0n) is 11.9. The second-order valence-electron chi connectivity index (χ2n) is 4.36. The molecular weight excluding hydrogens is 274 g/mol. The van der Waals surface area contributed by atoms with Gasteiger partial charge in [-0.3, -0.25) is 0 Å². The Kier molecular flexibility index (Phi) is 6.68. The predicted octanol–water partition coefficient (Wildman–Crippen LogP) is 0.673. The van der Waals surface area contributed by atoms with Crippen molar-refractivity contribution in [2.45, 2.75) is 19.9 Å². The van der Waals surface area contributed by atoms with Crippen LogP contribution in [0.2, 0.25) is 0 Å². The second-order valence-corrected chi connectivity index (χ2v) is 6.22. The van der Waals surface area contributed by atoms with E-state index in [2.05, 4.69) is 16.6 Å². The Morgan fingerprint density at radius 2 is 1.95 bits per heavy atom. The fourth-order valence-electron chi connectivity index (χ4n) is 1.53. The summed E-state index contributed by atoms with van der Waals surface area (Å²) < 4.78 is 27.6. The van der Waals surface area contributed by atoms with Crippen molar-refractivity contribution < 1.29 is 8.42 Å². The smallest absolute Gasteiger partial charge is 0.279 e. The van der Waals surface area contributed by atoms with E-state index in [4.69, 9.17) is 5.73 Å². The van der Waals surface area contributed by atoms with E-state index < -0.39 is 10.2 Å². The summed E-state index contributed by atoms with van der Waals surface area (Å²) in [6, 6.07) is 7.45. The van der Waals surface area contributed by atoms with Gasteiger partial charge in [0, 0.05) is 25.7 Å². The highest BCUT2D eigenvalue weighted by atomic mass is 32.2. The highest BCUT2D eigenvalue weighted by Gasteiger charge is 2.16. The molecule has 0 radical (unpaired) electrons. The zero-order chi connectivity index (χ0) is 15.0. The molecule has 1 aromatic rings. The van der Waals surface area contributed by atoms with Gasteiger partial charge in [-0.05, 0) is 24.1 Å². The van der Waals surface area contributed by atoms with Crippen molar-refractivity contribution >= 4 is 10.2 Å². The fourth-order valence-corrected chi connectivity index (χ4v) is 2.53. The van der Waals surface area contributed by atoms with Crippen LogP contribution >= 0.6 is 0 Å². The van der Waals surface area contributed by atoms with Crippen LogP contribution in [0.5, 0.6) is 0 Å². The number of benzene rings is 1. The average molecular weight is 295 g/mol. The molecule has 0 unspecified atom stereocenters. The topological polar surface area (TPSA) is 75.4 Å². The molecule has 5 nitrogen and oxygen atoms in total. The maximum absolute atomic E-state index is 11.9. The van der Waals surface area contributed by atoms with Crippen molar-refractivity contribution in [3.05, 3.63) is 35.4 Å². The molecule has 0 fully saturated rings. The molecule has 0 atom stereocenters. The number of nitrogens with two attached hydrogens (primary N) is 1. The van der Waals surface area contributed by atoms with Gasteiger partial charge in [-0.25, -0.2) is 4.72 Å². The van der Waals surface area contributed by atoms with E-state index in [1.807, 2.05) is 31.2 Å². The molecule has 0 amide bonds. The van der Waals surface area contributed by atoms with Gasteiger partial charge in [-0.15, -0.1) is 0 Å². The molecule has 1 aromatic carbocycles. The molecule has 110 valence electrons. The minimum absolute atomic E-state index is 0.323. The van der Waals surface area contributed by atoms with Crippen LogP contribution in [0, 0.1) is 11.8 Å². The van der Waals surface area contributed by atoms with Gasteiger partial charge < -0.3 is 5.73 Å². The molecule has 0 saturated carbocycles. The minimum Gasteiger partial charge on any atom is -0.320 e. The molecular formula is C14H21N3O2S. The Morgan fingerprint density at radius 3 is 2.50 bits per heavy atom. The monoisotopic (exact) mass is 295 g/mol. The van der Waals surface area contributed by atoms with Crippen molar-refractivity contribution in [2.24, 2.45) is 5.73 Å². The van der Waals surface area contributed by atoms with E-state index in [0.29, 0.717) is 19.6 Å². The van der Waals surface area contributed by atoms with Crippen LogP contribution in [-0.2, 0) is 16.8 Å². The summed E-state index contributed by atoms with van der Waals surface area (Å²) in [6.45, 7) is 3.01. The number of hydrogen-bond donors (Lipinski definition) is 2. The van der Waals surface area contributed by atoms with Crippen molar-refractivity contribution in [3.8, 4) is 11.8 Å². The van der Waals surface area contributed by atoms with Crippen LogP contribution in [0.25, 0.3) is 0 Å². The van der Waals surface area contributed by atoms with Gasteiger partial charge in [-0.2, -0.15) is 12.7 Å². The molecule has 6 heteroatoms. The molecule has 1 rings (SSSR count). The number of nitrogens with one attached hydrogen (secondary N) is 1. The molecule has 0 aliphatic heterocycles. The van der Waals surface area contributed by atoms with Crippen molar-refractivity contribution in [3.63, 3.8) is 0 Å². The summed E-state index contributed by atoms with van der Waals surface area (Å²) in [7, 11) is -1.85.